The minimum atomic E-state index is 0.599. The molecule has 0 saturated carbocycles. The van der Waals surface area contributed by atoms with Crippen molar-refractivity contribution in [1.82, 2.24) is 37.5 Å². The predicted molar refractivity (Wildman–Crippen MR) is 403 cm³/mol. The summed E-state index contributed by atoms with van der Waals surface area (Å²) in [7, 11) is 0. The molecule has 0 N–H and O–H groups in total. The maximum Gasteiger partial charge on any atom is 0.282 e. The Morgan fingerprint density at radius 3 is 0.908 bits per heavy atom. The monoisotopic (exact) mass is 1250 g/mol. The number of pyridine rings is 1. The van der Waals surface area contributed by atoms with Gasteiger partial charge in [0.15, 0.2) is 11.5 Å². The van der Waals surface area contributed by atoms with Crippen molar-refractivity contribution in [2.45, 2.75) is 0 Å². The highest BCUT2D eigenvalue weighted by Gasteiger charge is 2.42. The second-order valence-corrected chi connectivity index (χ2v) is 25.4. The van der Waals surface area contributed by atoms with Gasteiger partial charge in [-0.15, -0.1) is 4.68 Å². The molecular formula is C89H56N9+. The zero-order chi connectivity index (χ0) is 64.1. The molecule has 0 unspecified atom stereocenters. The first-order valence-corrected chi connectivity index (χ1v) is 33.4. The number of benzene rings is 13. The molecule has 9 heteroatoms. The third-order valence-corrected chi connectivity index (χ3v) is 20.2. The molecule has 0 bridgehead atoms. The van der Waals surface area contributed by atoms with Gasteiger partial charge in [0.25, 0.3) is 11.6 Å². The third-order valence-electron chi connectivity index (χ3n) is 20.2. The minimum absolute atomic E-state index is 0.599. The van der Waals surface area contributed by atoms with Crippen LogP contribution >= 0.6 is 0 Å². The molecule has 0 amide bonds. The zero-order valence-corrected chi connectivity index (χ0v) is 52.9. The van der Waals surface area contributed by atoms with Gasteiger partial charge < -0.3 is 9.13 Å². The molecule has 0 fully saturated rings. The maximum atomic E-state index is 6.15. The fraction of sp³-hybridized carbons (Fsp3) is 0. The van der Waals surface area contributed by atoms with Crippen molar-refractivity contribution in [2.75, 3.05) is 0 Å². The average Bonchev–Trinajstić information content (AvgIpc) is 1.42. The van der Waals surface area contributed by atoms with E-state index in [9.17, 15) is 0 Å². The lowest BCUT2D eigenvalue weighted by atomic mass is 10.0. The van der Waals surface area contributed by atoms with E-state index in [1.165, 1.54) is 0 Å². The molecule has 0 spiro atoms. The zero-order valence-electron chi connectivity index (χ0n) is 52.9. The van der Waals surface area contributed by atoms with E-state index in [0.29, 0.717) is 5.82 Å². The quantitative estimate of drug-likeness (QED) is 0.135. The summed E-state index contributed by atoms with van der Waals surface area (Å²) in [5.41, 5.74) is 18.4. The first-order chi connectivity index (χ1) is 48.7. The van der Waals surface area contributed by atoms with Crippen molar-refractivity contribution in [1.29, 1.82) is 0 Å². The fourth-order valence-corrected chi connectivity index (χ4v) is 16.3. The van der Waals surface area contributed by atoms with Gasteiger partial charge in [-0.05, 0) is 78.9 Å². The Kier molecular flexibility index (Phi) is 11.6. The highest BCUT2D eigenvalue weighted by Crippen LogP contribution is 2.50. The number of nitrogens with zero attached hydrogens (tertiary/aromatic N) is 9. The van der Waals surface area contributed by atoms with Gasteiger partial charge in [0, 0.05) is 76.1 Å². The summed E-state index contributed by atoms with van der Waals surface area (Å²) >= 11 is 0. The van der Waals surface area contributed by atoms with Crippen LogP contribution in [0.3, 0.4) is 0 Å². The van der Waals surface area contributed by atoms with Gasteiger partial charge >= 0.3 is 0 Å². The molecular weight excluding hydrogens is 1200 g/mol. The number of aromatic nitrogens is 9. The van der Waals surface area contributed by atoms with Crippen molar-refractivity contribution >= 4 is 120 Å². The van der Waals surface area contributed by atoms with E-state index in [1.807, 2.05) is 0 Å². The van der Waals surface area contributed by atoms with Crippen LogP contribution in [-0.4, -0.2) is 37.5 Å². The van der Waals surface area contributed by atoms with E-state index in [-0.39, 0.29) is 0 Å². The van der Waals surface area contributed by atoms with Gasteiger partial charge in [0.2, 0.25) is 0 Å². The Labute approximate surface area is 561 Å². The van der Waals surface area contributed by atoms with Gasteiger partial charge in [0.1, 0.15) is 33.4 Å². The molecule has 0 aliphatic carbocycles. The van der Waals surface area contributed by atoms with Crippen LogP contribution < -0.4 is 4.68 Å². The van der Waals surface area contributed by atoms with E-state index in [2.05, 4.69) is 372 Å². The number of para-hydroxylation sites is 11. The number of hydrogen-bond acceptors (Lipinski definition) is 2. The summed E-state index contributed by atoms with van der Waals surface area (Å²) in [5, 5.41) is 12.3. The van der Waals surface area contributed by atoms with Crippen LogP contribution in [0, 0.1) is 0 Å². The van der Waals surface area contributed by atoms with Crippen LogP contribution in [0.2, 0.25) is 0 Å². The van der Waals surface area contributed by atoms with Crippen LogP contribution in [0.15, 0.2) is 340 Å². The Bertz CT molecular complexity index is 6340. The fourth-order valence-electron chi connectivity index (χ4n) is 16.3. The maximum absolute atomic E-state index is 6.15. The first kappa shape index (κ1) is 54.1. The Hall–Kier alpha value is -13.4. The van der Waals surface area contributed by atoms with E-state index >= 15 is 0 Å². The molecule has 21 aromatic rings. The Balaban J connectivity index is 1.17. The number of fused-ring (bicyclic) bond motifs is 17. The number of rotatable bonds is 9. The predicted octanol–water partition coefficient (Wildman–Crippen LogP) is 21.5. The highest BCUT2D eigenvalue weighted by atomic mass is 15.5. The lowest BCUT2D eigenvalue weighted by Crippen LogP contribution is -2.51. The van der Waals surface area contributed by atoms with Crippen molar-refractivity contribution in [3.63, 3.8) is 0 Å². The van der Waals surface area contributed by atoms with Gasteiger partial charge in [0.05, 0.1) is 50.1 Å². The Morgan fingerprint density at radius 2 is 0.520 bits per heavy atom. The van der Waals surface area contributed by atoms with E-state index < -0.39 is 0 Å². The molecule has 9 nitrogen and oxygen atoms in total. The molecule has 13 aromatic carbocycles. The summed E-state index contributed by atoms with van der Waals surface area (Å²) < 4.78 is 18.0. The molecule has 0 radical (unpaired) electrons. The van der Waals surface area contributed by atoms with Gasteiger partial charge in [-0.25, -0.2) is 19.1 Å². The largest absolute Gasteiger partial charge is 0.303 e. The van der Waals surface area contributed by atoms with Crippen LogP contribution in [0.1, 0.15) is 0 Å². The molecule has 8 aromatic heterocycles. The van der Waals surface area contributed by atoms with Crippen molar-refractivity contribution in [3.05, 3.63) is 340 Å². The van der Waals surface area contributed by atoms with Crippen LogP contribution in [-0.2, 0) is 0 Å². The third kappa shape index (κ3) is 7.63. The van der Waals surface area contributed by atoms with Gasteiger partial charge in [-0.1, -0.05) is 261 Å². The molecule has 98 heavy (non-hydrogen) atoms. The van der Waals surface area contributed by atoms with E-state index in [1.54, 1.807) is 0 Å². The normalized spacial score (nSPS) is 12.1. The first-order valence-electron chi connectivity index (χ1n) is 33.4. The van der Waals surface area contributed by atoms with Crippen LogP contribution in [0.25, 0.3) is 183 Å². The summed E-state index contributed by atoms with van der Waals surface area (Å²) in [6.07, 6.45) is 0. The smallest absolute Gasteiger partial charge is 0.282 e. The van der Waals surface area contributed by atoms with Gasteiger partial charge in [-0.2, -0.15) is 4.68 Å². The molecule has 456 valence electrons. The second kappa shape index (κ2) is 21.1. The lowest BCUT2D eigenvalue weighted by Gasteiger charge is -2.28. The highest BCUT2D eigenvalue weighted by molar-refractivity contribution is 6.22. The second-order valence-electron chi connectivity index (χ2n) is 25.4. The Morgan fingerprint density at radius 1 is 0.235 bits per heavy atom. The average molecular weight is 1250 g/mol. The van der Waals surface area contributed by atoms with Crippen LogP contribution in [0.5, 0.6) is 0 Å². The summed E-state index contributed by atoms with van der Waals surface area (Å²) in [6.45, 7) is 0. The molecule has 21 rings (SSSR count). The molecule has 8 heterocycles. The van der Waals surface area contributed by atoms with Gasteiger partial charge in [-0.3, -0.25) is 4.57 Å². The molecule has 0 aliphatic heterocycles. The van der Waals surface area contributed by atoms with Crippen molar-refractivity contribution in [3.8, 4) is 62.6 Å². The summed E-state index contributed by atoms with van der Waals surface area (Å²) in [6, 6.07) is 124. The van der Waals surface area contributed by atoms with Crippen molar-refractivity contribution < 1.29 is 4.68 Å². The SMILES string of the molecule is c1ccc(-c2cc(-c3c(-n4c5ccccc5c5ccccc54)c(-n4c5ccccc5c5ccccc54)[n+](-n4c5ccccc5c5c6ccccc6n(-c6ccccc6)c54)c(-n4c5ccccc5c5ccccc54)c3-n3c4ccccc4c4ccccc43)nc(-c3ccccc3)n2)cc1. The standard InChI is InChI=1S/C89H56N9/c1-4-30-57(31-5-1)70-56-71(91-86(90-70)58-32-6-2-7-33-58)83-84(93-72-46-20-10-36-60(72)61-37-11-21-47-73(61)93)88(95-76-50-24-14-40-64(76)65-41-15-25-51-77(65)95)98(97-81-55-29-19-45-69(81)82-68-44-18-28-54-80(68)92(87(82)97)59-34-8-3-9-35-59)89(96-78-52-26-16-42-66(78)67-43-17-27-53-79(67)96)85(83)94-74-48-22-12-38-62(74)63-39-13-23-49-75(63)94/h1-56H/q+1. The molecule has 0 aliphatic rings. The van der Waals surface area contributed by atoms with E-state index in [4.69, 9.17) is 9.97 Å². The van der Waals surface area contributed by atoms with E-state index in [0.717, 1.165) is 177 Å². The summed E-state index contributed by atoms with van der Waals surface area (Å²) in [5.74, 6) is 2.32. The lowest BCUT2D eigenvalue weighted by molar-refractivity contribution is -0.708. The molecule has 0 saturated heterocycles. The summed E-state index contributed by atoms with van der Waals surface area (Å²) in [4.78, 5) is 11.8. The van der Waals surface area contributed by atoms with Crippen LogP contribution in [0.4, 0.5) is 0 Å². The molecule has 0 atom stereocenters. The van der Waals surface area contributed by atoms with Crippen molar-refractivity contribution in [2.24, 2.45) is 0 Å². The number of hydrogen-bond donors (Lipinski definition) is 0. The minimum Gasteiger partial charge on any atom is -0.303 e. The topological polar surface area (TPSA) is 59.2 Å².